The van der Waals surface area contributed by atoms with Crippen molar-refractivity contribution in [3.63, 3.8) is 0 Å². The first-order valence-corrected chi connectivity index (χ1v) is 6.24. The summed E-state index contributed by atoms with van der Waals surface area (Å²) in [4.78, 5) is 0. The van der Waals surface area contributed by atoms with Crippen LogP contribution in [0.1, 0.15) is 5.56 Å². The van der Waals surface area contributed by atoms with Crippen molar-refractivity contribution in [1.82, 2.24) is 4.57 Å². The van der Waals surface area contributed by atoms with Gasteiger partial charge in [0.25, 0.3) is 0 Å². The normalized spacial score (nSPS) is 10.8. The lowest BCUT2D eigenvalue weighted by molar-refractivity contribution is 0.417. The van der Waals surface area contributed by atoms with Gasteiger partial charge < -0.3 is 15.0 Å². The van der Waals surface area contributed by atoms with E-state index >= 15 is 0 Å². The summed E-state index contributed by atoms with van der Waals surface area (Å²) in [6, 6.07) is 16.4. The summed E-state index contributed by atoms with van der Waals surface area (Å²) in [7, 11) is 1.63. The molecule has 96 valence electrons. The van der Waals surface area contributed by atoms with Crippen molar-refractivity contribution in [3.8, 4) is 5.75 Å². The first-order chi connectivity index (χ1) is 9.28. The maximum absolute atomic E-state index is 5.94. The van der Waals surface area contributed by atoms with Gasteiger partial charge in [-0.25, -0.2) is 0 Å². The summed E-state index contributed by atoms with van der Waals surface area (Å²) in [6.45, 7) is 0.807. The van der Waals surface area contributed by atoms with Gasteiger partial charge in [0, 0.05) is 18.3 Å². The molecular formula is C16H16N2O. The van der Waals surface area contributed by atoms with Gasteiger partial charge in [-0.1, -0.05) is 24.3 Å². The minimum absolute atomic E-state index is 0.677. The molecule has 0 bridgehead atoms. The summed E-state index contributed by atoms with van der Waals surface area (Å²) in [5.41, 5.74) is 9.02. The highest BCUT2D eigenvalue weighted by molar-refractivity contribution is 5.80. The number of hydrogen-bond donors (Lipinski definition) is 1. The standard InChI is InChI=1S/C16H16N2O/c1-19-16-7-6-12(10-14(16)17)11-18-9-8-13-4-2-3-5-15(13)18/h2-10H,11,17H2,1H3. The number of nitrogens with zero attached hydrogens (tertiary/aromatic N) is 1. The Balaban J connectivity index is 1.95. The SMILES string of the molecule is COc1ccc(Cn2ccc3ccccc32)cc1N. The quantitative estimate of drug-likeness (QED) is 0.727. The van der Waals surface area contributed by atoms with E-state index in [1.807, 2.05) is 18.2 Å². The number of rotatable bonds is 3. The number of ether oxygens (including phenoxy) is 1. The number of methoxy groups -OCH3 is 1. The summed E-state index contributed by atoms with van der Waals surface area (Å²) in [5, 5.41) is 1.25. The largest absolute Gasteiger partial charge is 0.495 e. The number of benzene rings is 2. The maximum atomic E-state index is 5.94. The van der Waals surface area contributed by atoms with Crippen molar-refractivity contribution >= 4 is 16.6 Å². The molecule has 0 spiro atoms. The molecular weight excluding hydrogens is 236 g/mol. The number of nitrogens with two attached hydrogens (primary N) is 1. The fraction of sp³-hybridized carbons (Fsp3) is 0.125. The number of para-hydroxylation sites is 1. The molecule has 0 atom stereocenters. The number of fused-ring (bicyclic) bond motifs is 1. The Kier molecular flexibility index (Phi) is 2.88. The van der Waals surface area contributed by atoms with E-state index in [1.54, 1.807) is 7.11 Å². The van der Waals surface area contributed by atoms with Crippen molar-refractivity contribution in [3.05, 3.63) is 60.3 Å². The molecule has 1 heterocycles. The first kappa shape index (κ1) is 11.7. The van der Waals surface area contributed by atoms with Gasteiger partial charge in [0.2, 0.25) is 0 Å². The maximum Gasteiger partial charge on any atom is 0.141 e. The van der Waals surface area contributed by atoms with Gasteiger partial charge in [0.1, 0.15) is 5.75 Å². The lowest BCUT2D eigenvalue weighted by Crippen LogP contribution is -2.00. The average Bonchev–Trinajstić information content (AvgIpc) is 2.83. The zero-order chi connectivity index (χ0) is 13.2. The number of aromatic nitrogens is 1. The lowest BCUT2D eigenvalue weighted by atomic mass is 10.2. The minimum Gasteiger partial charge on any atom is -0.495 e. The van der Waals surface area contributed by atoms with E-state index in [1.165, 1.54) is 16.5 Å². The van der Waals surface area contributed by atoms with E-state index in [0.29, 0.717) is 5.69 Å². The third kappa shape index (κ3) is 2.15. The topological polar surface area (TPSA) is 40.2 Å². The Morgan fingerprint density at radius 3 is 2.74 bits per heavy atom. The van der Waals surface area contributed by atoms with Crippen molar-refractivity contribution in [1.29, 1.82) is 0 Å². The zero-order valence-electron chi connectivity index (χ0n) is 10.8. The molecule has 1 aromatic heterocycles. The van der Waals surface area contributed by atoms with Crippen LogP contribution in [-0.2, 0) is 6.54 Å². The molecule has 3 heteroatoms. The van der Waals surface area contributed by atoms with Gasteiger partial charge in [-0.3, -0.25) is 0 Å². The molecule has 0 saturated heterocycles. The van der Waals surface area contributed by atoms with Crippen LogP contribution in [0.15, 0.2) is 54.7 Å². The Morgan fingerprint density at radius 1 is 1.11 bits per heavy atom. The highest BCUT2D eigenvalue weighted by Gasteiger charge is 2.04. The van der Waals surface area contributed by atoms with E-state index in [2.05, 4.69) is 41.1 Å². The zero-order valence-corrected chi connectivity index (χ0v) is 10.8. The Morgan fingerprint density at radius 2 is 1.95 bits per heavy atom. The Bertz CT molecular complexity index is 716. The molecule has 0 aliphatic heterocycles. The second-order valence-corrected chi connectivity index (χ2v) is 4.58. The fourth-order valence-electron chi connectivity index (χ4n) is 2.36. The highest BCUT2D eigenvalue weighted by Crippen LogP contribution is 2.23. The van der Waals surface area contributed by atoms with E-state index in [4.69, 9.17) is 10.5 Å². The molecule has 0 aliphatic rings. The second kappa shape index (κ2) is 4.69. The van der Waals surface area contributed by atoms with E-state index < -0.39 is 0 Å². The summed E-state index contributed by atoms with van der Waals surface area (Å²) < 4.78 is 7.39. The number of anilines is 1. The third-order valence-electron chi connectivity index (χ3n) is 3.33. The molecule has 3 aromatic rings. The van der Waals surface area contributed by atoms with Crippen molar-refractivity contribution in [2.75, 3.05) is 12.8 Å². The molecule has 0 unspecified atom stereocenters. The van der Waals surface area contributed by atoms with E-state index in [-0.39, 0.29) is 0 Å². The first-order valence-electron chi connectivity index (χ1n) is 6.24. The molecule has 2 N–H and O–H groups in total. The summed E-state index contributed by atoms with van der Waals surface area (Å²) >= 11 is 0. The molecule has 19 heavy (non-hydrogen) atoms. The minimum atomic E-state index is 0.677. The van der Waals surface area contributed by atoms with Gasteiger partial charge in [-0.2, -0.15) is 0 Å². The van der Waals surface area contributed by atoms with Crippen LogP contribution in [0.5, 0.6) is 5.75 Å². The van der Waals surface area contributed by atoms with Crippen LogP contribution in [0.3, 0.4) is 0 Å². The molecule has 0 saturated carbocycles. The van der Waals surface area contributed by atoms with Crippen LogP contribution in [0.25, 0.3) is 10.9 Å². The van der Waals surface area contributed by atoms with E-state index in [9.17, 15) is 0 Å². The highest BCUT2D eigenvalue weighted by atomic mass is 16.5. The predicted octanol–water partition coefficient (Wildman–Crippen LogP) is 3.28. The molecule has 0 radical (unpaired) electrons. The van der Waals surface area contributed by atoms with Crippen LogP contribution >= 0.6 is 0 Å². The van der Waals surface area contributed by atoms with Gasteiger partial charge in [-0.15, -0.1) is 0 Å². The van der Waals surface area contributed by atoms with Crippen molar-refractivity contribution in [2.24, 2.45) is 0 Å². The van der Waals surface area contributed by atoms with Crippen molar-refractivity contribution < 1.29 is 4.74 Å². The molecule has 0 fully saturated rings. The Hall–Kier alpha value is -2.42. The van der Waals surface area contributed by atoms with Crippen LogP contribution < -0.4 is 10.5 Å². The van der Waals surface area contributed by atoms with Crippen LogP contribution in [-0.4, -0.2) is 11.7 Å². The smallest absolute Gasteiger partial charge is 0.141 e. The molecule has 0 aliphatic carbocycles. The molecule has 2 aromatic carbocycles. The second-order valence-electron chi connectivity index (χ2n) is 4.58. The lowest BCUT2D eigenvalue weighted by Gasteiger charge is -2.09. The van der Waals surface area contributed by atoms with E-state index in [0.717, 1.165) is 12.3 Å². The monoisotopic (exact) mass is 252 g/mol. The molecule has 0 amide bonds. The van der Waals surface area contributed by atoms with Gasteiger partial charge in [0.05, 0.1) is 12.8 Å². The van der Waals surface area contributed by atoms with Crippen molar-refractivity contribution in [2.45, 2.75) is 6.54 Å². The molecule has 3 nitrogen and oxygen atoms in total. The van der Waals surface area contributed by atoms with Gasteiger partial charge in [-0.05, 0) is 35.2 Å². The van der Waals surface area contributed by atoms with Gasteiger partial charge >= 0.3 is 0 Å². The predicted molar refractivity (Wildman–Crippen MR) is 78.4 cm³/mol. The fourth-order valence-corrected chi connectivity index (χ4v) is 2.36. The summed E-state index contributed by atoms with van der Waals surface area (Å²) in [6.07, 6.45) is 2.10. The van der Waals surface area contributed by atoms with Gasteiger partial charge in [0.15, 0.2) is 0 Å². The summed E-state index contributed by atoms with van der Waals surface area (Å²) in [5.74, 6) is 0.723. The Labute approximate surface area is 112 Å². The van der Waals surface area contributed by atoms with Crippen LogP contribution in [0.4, 0.5) is 5.69 Å². The average molecular weight is 252 g/mol. The third-order valence-corrected chi connectivity index (χ3v) is 3.33. The number of nitrogen functional groups attached to an aromatic ring is 1. The van der Waals surface area contributed by atoms with Crippen LogP contribution in [0, 0.1) is 0 Å². The number of hydrogen-bond acceptors (Lipinski definition) is 2. The molecule has 3 rings (SSSR count). The van der Waals surface area contributed by atoms with Crippen LogP contribution in [0.2, 0.25) is 0 Å².